The Morgan fingerprint density at radius 1 is 1.23 bits per heavy atom. The van der Waals surface area contributed by atoms with Crippen molar-refractivity contribution in [3.05, 3.63) is 62.8 Å². The van der Waals surface area contributed by atoms with E-state index >= 15 is 0 Å². The number of aromatic amines is 1. The molecule has 164 valence electrons. The molecule has 4 rings (SSSR count). The van der Waals surface area contributed by atoms with Crippen molar-refractivity contribution in [1.29, 1.82) is 0 Å². The standard InChI is InChI=1S/C23H28N4O4/c1-3-31-14-16-6-8-17(9-7-16)23(30)27-11-4-5-20(27)21-24-19-13-26(15(2)28)12-10-18(19)22(29)25-21/h6-9,20H,3-5,10-14H2,1-2H3,(H,24,25,29)/t20-/m1/s1. The van der Waals surface area contributed by atoms with E-state index in [1.165, 1.54) is 6.92 Å². The molecule has 1 atom stereocenters. The summed E-state index contributed by atoms with van der Waals surface area (Å²) in [7, 11) is 0. The van der Waals surface area contributed by atoms with E-state index in [9.17, 15) is 14.4 Å². The number of hydrogen-bond donors (Lipinski definition) is 1. The average Bonchev–Trinajstić information content (AvgIpc) is 3.27. The molecule has 2 aliphatic heterocycles. The second-order valence-corrected chi connectivity index (χ2v) is 8.06. The minimum absolute atomic E-state index is 0.0280. The number of ether oxygens (including phenoxy) is 1. The highest BCUT2D eigenvalue weighted by Gasteiger charge is 2.33. The lowest BCUT2D eigenvalue weighted by Crippen LogP contribution is -2.39. The highest BCUT2D eigenvalue weighted by Crippen LogP contribution is 2.31. The minimum atomic E-state index is -0.277. The Kier molecular flexibility index (Phi) is 6.18. The molecule has 8 heteroatoms. The number of benzene rings is 1. The molecule has 2 aromatic rings. The van der Waals surface area contributed by atoms with Gasteiger partial charge in [-0.2, -0.15) is 0 Å². The molecule has 0 saturated carbocycles. The van der Waals surface area contributed by atoms with Crippen molar-refractivity contribution < 1.29 is 14.3 Å². The molecular formula is C23H28N4O4. The molecule has 1 N–H and O–H groups in total. The molecule has 0 radical (unpaired) electrons. The number of likely N-dealkylation sites (tertiary alicyclic amines) is 1. The van der Waals surface area contributed by atoms with Crippen LogP contribution in [0.25, 0.3) is 0 Å². The summed E-state index contributed by atoms with van der Waals surface area (Å²) in [5.41, 5.74) is 2.74. The Hall–Kier alpha value is -3.00. The van der Waals surface area contributed by atoms with Gasteiger partial charge >= 0.3 is 0 Å². The number of nitrogens with one attached hydrogen (secondary N) is 1. The van der Waals surface area contributed by atoms with Gasteiger partial charge in [0.05, 0.1) is 24.9 Å². The van der Waals surface area contributed by atoms with Crippen LogP contribution in [0.5, 0.6) is 0 Å². The van der Waals surface area contributed by atoms with Gasteiger partial charge < -0.3 is 19.5 Å². The summed E-state index contributed by atoms with van der Waals surface area (Å²) in [6.07, 6.45) is 2.09. The van der Waals surface area contributed by atoms with Gasteiger partial charge in [0, 0.05) is 37.7 Å². The summed E-state index contributed by atoms with van der Waals surface area (Å²) in [5, 5.41) is 0. The van der Waals surface area contributed by atoms with Gasteiger partial charge in [0.25, 0.3) is 11.5 Å². The van der Waals surface area contributed by atoms with Gasteiger partial charge in [0.2, 0.25) is 5.91 Å². The van der Waals surface area contributed by atoms with E-state index in [0.29, 0.717) is 61.9 Å². The normalized spacial score (nSPS) is 18.2. The number of H-pyrrole nitrogens is 1. The Balaban J connectivity index is 1.56. The zero-order valence-electron chi connectivity index (χ0n) is 18.0. The molecule has 0 unspecified atom stereocenters. The Morgan fingerprint density at radius 3 is 2.71 bits per heavy atom. The third-order valence-corrected chi connectivity index (χ3v) is 6.04. The van der Waals surface area contributed by atoms with Crippen LogP contribution in [0.3, 0.4) is 0 Å². The molecule has 2 aliphatic rings. The van der Waals surface area contributed by atoms with Crippen LogP contribution >= 0.6 is 0 Å². The molecule has 3 heterocycles. The molecule has 2 amide bonds. The maximum atomic E-state index is 13.2. The molecule has 0 spiro atoms. The van der Waals surface area contributed by atoms with E-state index in [-0.39, 0.29) is 23.4 Å². The third-order valence-electron chi connectivity index (χ3n) is 6.04. The second-order valence-electron chi connectivity index (χ2n) is 8.06. The quantitative estimate of drug-likeness (QED) is 0.794. The van der Waals surface area contributed by atoms with Gasteiger partial charge in [-0.25, -0.2) is 4.98 Å². The van der Waals surface area contributed by atoms with E-state index < -0.39 is 0 Å². The molecule has 0 aliphatic carbocycles. The first-order chi connectivity index (χ1) is 15.0. The van der Waals surface area contributed by atoms with Crippen molar-refractivity contribution in [2.75, 3.05) is 19.7 Å². The molecular weight excluding hydrogens is 396 g/mol. The number of aromatic nitrogens is 2. The van der Waals surface area contributed by atoms with Gasteiger partial charge in [-0.1, -0.05) is 12.1 Å². The lowest BCUT2D eigenvalue weighted by molar-refractivity contribution is -0.129. The molecule has 1 aromatic carbocycles. The number of carbonyl (C=O) groups excluding carboxylic acids is 2. The molecule has 0 bridgehead atoms. The van der Waals surface area contributed by atoms with Crippen molar-refractivity contribution in [2.24, 2.45) is 0 Å². The fraction of sp³-hybridized carbons (Fsp3) is 0.478. The number of carbonyl (C=O) groups is 2. The van der Waals surface area contributed by atoms with Gasteiger partial charge in [-0.3, -0.25) is 14.4 Å². The lowest BCUT2D eigenvalue weighted by Gasteiger charge is -2.29. The first-order valence-corrected chi connectivity index (χ1v) is 10.8. The zero-order valence-corrected chi connectivity index (χ0v) is 18.0. The van der Waals surface area contributed by atoms with Crippen LogP contribution in [-0.4, -0.2) is 51.3 Å². The fourth-order valence-corrected chi connectivity index (χ4v) is 4.31. The highest BCUT2D eigenvalue weighted by molar-refractivity contribution is 5.94. The van der Waals surface area contributed by atoms with E-state index in [1.54, 1.807) is 9.80 Å². The molecule has 1 saturated heterocycles. The largest absolute Gasteiger partial charge is 0.377 e. The number of fused-ring (bicyclic) bond motifs is 1. The lowest BCUT2D eigenvalue weighted by atomic mass is 10.1. The minimum Gasteiger partial charge on any atom is -0.377 e. The highest BCUT2D eigenvalue weighted by atomic mass is 16.5. The van der Waals surface area contributed by atoms with Gasteiger partial charge in [0.15, 0.2) is 0 Å². The van der Waals surface area contributed by atoms with Crippen molar-refractivity contribution in [1.82, 2.24) is 19.8 Å². The van der Waals surface area contributed by atoms with Crippen LogP contribution in [0, 0.1) is 0 Å². The first kappa shape index (κ1) is 21.2. The monoisotopic (exact) mass is 424 g/mol. The topological polar surface area (TPSA) is 95.6 Å². The number of hydrogen-bond acceptors (Lipinski definition) is 5. The van der Waals surface area contributed by atoms with E-state index in [1.807, 2.05) is 31.2 Å². The van der Waals surface area contributed by atoms with Gasteiger partial charge in [-0.15, -0.1) is 0 Å². The van der Waals surface area contributed by atoms with E-state index in [4.69, 9.17) is 9.72 Å². The van der Waals surface area contributed by atoms with Crippen LogP contribution in [0.4, 0.5) is 0 Å². The van der Waals surface area contributed by atoms with Gasteiger partial charge in [0.1, 0.15) is 5.82 Å². The molecule has 8 nitrogen and oxygen atoms in total. The van der Waals surface area contributed by atoms with E-state index in [0.717, 1.165) is 18.4 Å². The summed E-state index contributed by atoms with van der Waals surface area (Å²) in [4.78, 5) is 48.7. The Labute approximate surface area is 181 Å². The van der Waals surface area contributed by atoms with E-state index in [2.05, 4.69) is 4.98 Å². The van der Waals surface area contributed by atoms with Crippen molar-refractivity contribution >= 4 is 11.8 Å². The average molecular weight is 425 g/mol. The predicted octanol–water partition coefficient (Wildman–Crippen LogP) is 2.19. The summed E-state index contributed by atoms with van der Waals surface area (Å²) < 4.78 is 5.41. The van der Waals surface area contributed by atoms with Crippen LogP contribution in [0.1, 0.15) is 65.7 Å². The van der Waals surface area contributed by atoms with Crippen molar-refractivity contribution in [2.45, 2.75) is 52.3 Å². The maximum absolute atomic E-state index is 13.2. The SMILES string of the molecule is CCOCc1ccc(C(=O)N2CCC[C@@H]2c2nc3c(c(=O)[nH]2)CCN(C(C)=O)C3)cc1. The second kappa shape index (κ2) is 9.01. The Bertz CT molecular complexity index is 1030. The smallest absolute Gasteiger partial charge is 0.254 e. The Morgan fingerprint density at radius 2 is 2.00 bits per heavy atom. The van der Waals surface area contributed by atoms with Crippen LogP contribution in [0.15, 0.2) is 29.1 Å². The first-order valence-electron chi connectivity index (χ1n) is 10.8. The zero-order chi connectivity index (χ0) is 22.0. The molecule has 1 fully saturated rings. The maximum Gasteiger partial charge on any atom is 0.254 e. The van der Waals surface area contributed by atoms with Crippen molar-refractivity contribution in [3.63, 3.8) is 0 Å². The predicted molar refractivity (Wildman–Crippen MR) is 114 cm³/mol. The summed E-state index contributed by atoms with van der Waals surface area (Å²) >= 11 is 0. The van der Waals surface area contributed by atoms with Crippen molar-refractivity contribution in [3.8, 4) is 0 Å². The summed E-state index contributed by atoms with van der Waals surface area (Å²) in [5.74, 6) is 0.406. The third kappa shape index (κ3) is 4.39. The number of nitrogens with zero attached hydrogens (tertiary/aromatic N) is 3. The number of rotatable bonds is 5. The van der Waals surface area contributed by atoms with Crippen LogP contribution in [-0.2, 0) is 29.1 Å². The van der Waals surface area contributed by atoms with Gasteiger partial charge in [-0.05, 0) is 43.9 Å². The summed E-state index contributed by atoms with van der Waals surface area (Å²) in [6.45, 7) is 6.12. The van der Waals surface area contributed by atoms with Crippen LogP contribution in [0.2, 0.25) is 0 Å². The van der Waals surface area contributed by atoms with Crippen LogP contribution < -0.4 is 5.56 Å². The number of amides is 2. The fourth-order valence-electron chi connectivity index (χ4n) is 4.31. The summed E-state index contributed by atoms with van der Waals surface area (Å²) in [6, 6.07) is 7.17. The molecule has 31 heavy (non-hydrogen) atoms. The molecule has 1 aromatic heterocycles.